The van der Waals surface area contributed by atoms with Crippen LogP contribution in [-0.4, -0.2) is 0 Å². The molecule has 2 nitrogen and oxygen atoms in total. The lowest BCUT2D eigenvalue weighted by molar-refractivity contribution is 0.163. The van der Waals surface area contributed by atoms with Crippen molar-refractivity contribution in [2.75, 3.05) is 0 Å². The molecule has 0 amide bonds. The van der Waals surface area contributed by atoms with Gasteiger partial charge in [0.2, 0.25) is 0 Å². The molecule has 0 fully saturated rings. The van der Waals surface area contributed by atoms with Gasteiger partial charge in [0.1, 0.15) is 11.9 Å². The normalized spacial score (nSPS) is 21.0. The zero-order valence-corrected chi connectivity index (χ0v) is 12.8. The molecule has 2 aromatic carbocycles. The number of halogens is 1. The van der Waals surface area contributed by atoms with Crippen LogP contribution in [0.2, 0.25) is 5.02 Å². The van der Waals surface area contributed by atoms with Gasteiger partial charge in [-0.3, -0.25) is 0 Å². The number of hydrogen-bond acceptors (Lipinski definition) is 3. The van der Waals surface area contributed by atoms with Crippen LogP contribution >= 0.6 is 22.9 Å². The van der Waals surface area contributed by atoms with Gasteiger partial charge in [0.15, 0.2) is 0 Å². The molecule has 0 spiro atoms. The van der Waals surface area contributed by atoms with Gasteiger partial charge in [0, 0.05) is 33.3 Å². The summed E-state index contributed by atoms with van der Waals surface area (Å²) < 4.78 is 7.46. The minimum Gasteiger partial charge on any atom is -0.485 e. The molecule has 1 aromatic heterocycles. The summed E-state index contributed by atoms with van der Waals surface area (Å²) in [5.41, 5.74) is 8.55. The summed E-state index contributed by atoms with van der Waals surface area (Å²) in [5.74, 6) is 0.846. The number of rotatable bonds is 1. The Labute approximate surface area is 132 Å². The highest BCUT2D eigenvalue weighted by molar-refractivity contribution is 7.17. The molecule has 3 aromatic rings. The Balaban J connectivity index is 1.76. The van der Waals surface area contributed by atoms with Crippen LogP contribution in [0.4, 0.5) is 0 Å². The topological polar surface area (TPSA) is 35.2 Å². The Kier molecular flexibility index (Phi) is 3.14. The number of thiophene rings is 1. The lowest BCUT2D eigenvalue weighted by Crippen LogP contribution is -2.23. The maximum Gasteiger partial charge on any atom is 0.127 e. The van der Waals surface area contributed by atoms with Gasteiger partial charge >= 0.3 is 0 Å². The molecule has 4 heteroatoms. The van der Waals surface area contributed by atoms with Crippen LogP contribution < -0.4 is 10.5 Å². The van der Waals surface area contributed by atoms with E-state index in [-0.39, 0.29) is 12.1 Å². The minimum absolute atomic E-state index is 0.00447. The summed E-state index contributed by atoms with van der Waals surface area (Å²) in [6.45, 7) is 0. The smallest absolute Gasteiger partial charge is 0.127 e. The van der Waals surface area contributed by atoms with Gasteiger partial charge in [-0.15, -0.1) is 11.3 Å². The maximum absolute atomic E-state index is 6.32. The predicted molar refractivity (Wildman–Crippen MR) is 88.2 cm³/mol. The number of nitrogens with two attached hydrogens (primary N) is 1. The molecule has 106 valence electrons. The Morgan fingerprint density at radius 2 is 2.00 bits per heavy atom. The van der Waals surface area contributed by atoms with Crippen LogP contribution in [0.15, 0.2) is 47.8 Å². The van der Waals surface area contributed by atoms with Gasteiger partial charge in [-0.2, -0.15) is 0 Å². The average molecular weight is 316 g/mol. The summed E-state index contributed by atoms with van der Waals surface area (Å²) in [6, 6.07) is 14.0. The van der Waals surface area contributed by atoms with Crippen molar-refractivity contribution in [1.82, 2.24) is 0 Å². The van der Waals surface area contributed by atoms with Crippen molar-refractivity contribution in [1.29, 1.82) is 0 Å². The van der Waals surface area contributed by atoms with Crippen molar-refractivity contribution < 1.29 is 4.74 Å². The summed E-state index contributed by atoms with van der Waals surface area (Å²) in [5, 5.41) is 4.15. The van der Waals surface area contributed by atoms with E-state index in [1.165, 1.54) is 15.6 Å². The highest BCUT2D eigenvalue weighted by atomic mass is 35.5. The summed E-state index contributed by atoms with van der Waals surface area (Å²) >= 11 is 7.80. The number of hydrogen-bond donors (Lipinski definition) is 1. The molecular weight excluding hydrogens is 302 g/mol. The fourth-order valence-corrected chi connectivity index (χ4v) is 4.10. The van der Waals surface area contributed by atoms with Gasteiger partial charge in [-0.1, -0.05) is 29.8 Å². The first-order chi connectivity index (χ1) is 10.2. The van der Waals surface area contributed by atoms with Crippen molar-refractivity contribution in [2.45, 2.75) is 18.6 Å². The van der Waals surface area contributed by atoms with Gasteiger partial charge in [-0.25, -0.2) is 0 Å². The SMILES string of the molecule is N[C@H]1CC(c2csc3ccccc23)Oc2ccc(Cl)cc21. The van der Waals surface area contributed by atoms with E-state index < -0.39 is 0 Å². The minimum atomic E-state index is -0.0453. The van der Waals surface area contributed by atoms with Crippen molar-refractivity contribution >= 4 is 33.0 Å². The number of fused-ring (bicyclic) bond motifs is 2. The van der Waals surface area contributed by atoms with Crippen LogP contribution in [0.25, 0.3) is 10.1 Å². The Morgan fingerprint density at radius 3 is 2.90 bits per heavy atom. The predicted octanol–water partition coefficient (Wildman–Crippen LogP) is 5.08. The van der Waals surface area contributed by atoms with Crippen molar-refractivity contribution in [3.05, 3.63) is 64.0 Å². The zero-order chi connectivity index (χ0) is 14.4. The fourth-order valence-electron chi connectivity index (χ4n) is 2.91. The lowest BCUT2D eigenvalue weighted by atomic mass is 9.93. The Morgan fingerprint density at radius 1 is 1.14 bits per heavy atom. The van der Waals surface area contributed by atoms with Crippen LogP contribution in [0.5, 0.6) is 5.75 Å². The summed E-state index contributed by atoms with van der Waals surface area (Å²) in [4.78, 5) is 0. The monoisotopic (exact) mass is 315 g/mol. The van der Waals surface area contributed by atoms with E-state index in [9.17, 15) is 0 Å². The van der Waals surface area contributed by atoms with E-state index in [1.807, 2.05) is 18.2 Å². The van der Waals surface area contributed by atoms with E-state index in [1.54, 1.807) is 11.3 Å². The standard InChI is InChI=1S/C17H14ClNOS/c18-10-5-6-15-12(7-10)14(19)8-16(20-15)13-9-21-17-4-2-1-3-11(13)17/h1-7,9,14,16H,8,19H2/t14-,16?/m0/s1. The van der Waals surface area contributed by atoms with Crippen LogP contribution in [0.1, 0.15) is 29.7 Å². The summed E-state index contributed by atoms with van der Waals surface area (Å²) in [6.07, 6.45) is 0.776. The third-order valence-corrected chi connectivity index (χ3v) is 5.18. The molecule has 2 N–H and O–H groups in total. The quantitative estimate of drug-likeness (QED) is 0.679. The molecule has 4 rings (SSSR count). The van der Waals surface area contributed by atoms with Gasteiger partial charge in [-0.05, 0) is 35.0 Å². The first-order valence-electron chi connectivity index (χ1n) is 6.90. The van der Waals surface area contributed by atoms with E-state index in [0.717, 1.165) is 17.7 Å². The van der Waals surface area contributed by atoms with Crippen molar-refractivity contribution in [3.63, 3.8) is 0 Å². The number of ether oxygens (including phenoxy) is 1. The summed E-state index contributed by atoms with van der Waals surface area (Å²) in [7, 11) is 0. The van der Waals surface area contributed by atoms with Gasteiger partial charge < -0.3 is 10.5 Å². The first-order valence-corrected chi connectivity index (χ1v) is 8.16. The highest BCUT2D eigenvalue weighted by Gasteiger charge is 2.28. The van der Waals surface area contributed by atoms with Crippen LogP contribution in [-0.2, 0) is 0 Å². The fraction of sp³-hybridized carbons (Fsp3) is 0.176. The second kappa shape index (κ2) is 5.02. The second-order valence-corrected chi connectivity index (χ2v) is 6.67. The zero-order valence-electron chi connectivity index (χ0n) is 11.3. The molecule has 0 bridgehead atoms. The Hall–Kier alpha value is -1.55. The Bertz CT molecular complexity index is 813. The van der Waals surface area contributed by atoms with Gasteiger partial charge in [0.05, 0.1) is 0 Å². The molecule has 0 aliphatic carbocycles. The average Bonchev–Trinajstić information content (AvgIpc) is 2.92. The molecular formula is C17H14ClNOS. The third-order valence-electron chi connectivity index (χ3n) is 3.97. The largest absolute Gasteiger partial charge is 0.485 e. The van der Waals surface area contributed by atoms with E-state index in [4.69, 9.17) is 22.1 Å². The maximum atomic E-state index is 6.32. The third kappa shape index (κ3) is 2.22. The molecule has 2 heterocycles. The molecule has 21 heavy (non-hydrogen) atoms. The number of benzene rings is 2. The van der Waals surface area contributed by atoms with Crippen LogP contribution in [0.3, 0.4) is 0 Å². The molecule has 1 unspecified atom stereocenters. The van der Waals surface area contributed by atoms with E-state index in [2.05, 4.69) is 29.6 Å². The second-order valence-electron chi connectivity index (χ2n) is 5.32. The molecule has 1 aliphatic heterocycles. The van der Waals surface area contributed by atoms with Crippen LogP contribution in [0, 0.1) is 0 Å². The lowest BCUT2D eigenvalue weighted by Gasteiger charge is -2.30. The molecule has 0 saturated carbocycles. The molecule has 0 radical (unpaired) electrons. The highest BCUT2D eigenvalue weighted by Crippen LogP contribution is 2.43. The van der Waals surface area contributed by atoms with E-state index >= 15 is 0 Å². The molecule has 1 aliphatic rings. The van der Waals surface area contributed by atoms with Gasteiger partial charge in [0.25, 0.3) is 0 Å². The first kappa shape index (κ1) is 13.1. The van der Waals surface area contributed by atoms with Crippen molar-refractivity contribution in [2.24, 2.45) is 5.73 Å². The van der Waals surface area contributed by atoms with Crippen molar-refractivity contribution in [3.8, 4) is 5.75 Å². The molecule has 2 atom stereocenters. The van der Waals surface area contributed by atoms with E-state index in [0.29, 0.717) is 5.02 Å². The molecule has 0 saturated heterocycles.